The topological polar surface area (TPSA) is 72.7 Å². The fraction of sp³-hybridized carbons (Fsp3) is 0.417. The lowest BCUT2D eigenvalue weighted by molar-refractivity contribution is -0.385. The number of carbonyl (C=O) groups is 1. The van der Waals surface area contributed by atoms with Gasteiger partial charge in [0.2, 0.25) is 0 Å². The van der Waals surface area contributed by atoms with Gasteiger partial charge in [0.15, 0.2) is 12.4 Å². The normalized spacial score (nSPS) is 10.1. The van der Waals surface area contributed by atoms with Crippen LogP contribution in [0.2, 0.25) is 5.02 Å². The first-order valence-electron chi connectivity index (χ1n) is 5.84. The largest absolute Gasteiger partial charge is 0.477 e. The van der Waals surface area contributed by atoms with Crippen LogP contribution in [0.15, 0.2) is 18.2 Å². The Morgan fingerprint density at radius 2 is 2.05 bits per heavy atom. The van der Waals surface area contributed by atoms with Crippen molar-refractivity contribution >= 4 is 23.2 Å². The highest BCUT2D eigenvalue weighted by Crippen LogP contribution is 2.29. The second-order valence-electron chi connectivity index (χ2n) is 3.72. The molecule has 6 nitrogen and oxygen atoms in total. The van der Waals surface area contributed by atoms with Gasteiger partial charge in [-0.3, -0.25) is 14.9 Å². The molecule has 0 spiro atoms. The van der Waals surface area contributed by atoms with Gasteiger partial charge in [-0.05, 0) is 19.9 Å². The van der Waals surface area contributed by atoms with Crippen LogP contribution in [-0.4, -0.2) is 35.4 Å². The summed E-state index contributed by atoms with van der Waals surface area (Å²) < 4.78 is 5.21. The molecule has 0 aliphatic rings. The Hall–Kier alpha value is -1.82. The SMILES string of the molecule is CCN(CC)C(=O)COc1cc(Cl)ccc1[N+](=O)[O-]. The lowest BCUT2D eigenvalue weighted by Crippen LogP contribution is -2.34. The lowest BCUT2D eigenvalue weighted by atomic mass is 10.3. The van der Waals surface area contributed by atoms with Crippen LogP contribution in [-0.2, 0) is 4.79 Å². The van der Waals surface area contributed by atoms with Crippen LogP contribution in [0, 0.1) is 10.1 Å². The number of hydrogen-bond donors (Lipinski definition) is 0. The summed E-state index contributed by atoms with van der Waals surface area (Å²) >= 11 is 5.76. The molecule has 1 aromatic carbocycles. The van der Waals surface area contributed by atoms with Crippen LogP contribution < -0.4 is 4.74 Å². The smallest absolute Gasteiger partial charge is 0.311 e. The summed E-state index contributed by atoms with van der Waals surface area (Å²) in [7, 11) is 0. The molecule has 0 atom stereocenters. The van der Waals surface area contributed by atoms with E-state index in [0.717, 1.165) is 0 Å². The molecule has 0 saturated heterocycles. The first-order valence-corrected chi connectivity index (χ1v) is 6.21. The molecule has 0 aliphatic heterocycles. The summed E-state index contributed by atoms with van der Waals surface area (Å²) in [4.78, 5) is 23.6. The van der Waals surface area contributed by atoms with Crippen molar-refractivity contribution in [3.05, 3.63) is 33.3 Å². The molecule has 0 saturated carbocycles. The van der Waals surface area contributed by atoms with Gasteiger partial charge in [-0.1, -0.05) is 11.6 Å². The van der Waals surface area contributed by atoms with Crippen molar-refractivity contribution in [1.29, 1.82) is 0 Å². The van der Waals surface area contributed by atoms with Crippen LogP contribution in [0.3, 0.4) is 0 Å². The molecule has 1 aromatic rings. The summed E-state index contributed by atoms with van der Waals surface area (Å²) in [5, 5.41) is 11.1. The van der Waals surface area contributed by atoms with E-state index in [4.69, 9.17) is 16.3 Å². The molecule has 0 fully saturated rings. The Kier molecular flexibility index (Phi) is 5.57. The van der Waals surface area contributed by atoms with Gasteiger partial charge < -0.3 is 9.64 Å². The number of likely N-dealkylation sites (N-methyl/N-ethyl adjacent to an activating group) is 1. The fourth-order valence-electron chi connectivity index (χ4n) is 1.56. The minimum absolute atomic E-state index is 0.00185. The van der Waals surface area contributed by atoms with Crippen LogP contribution in [0.25, 0.3) is 0 Å². The van der Waals surface area contributed by atoms with E-state index in [1.165, 1.54) is 18.2 Å². The second kappa shape index (κ2) is 6.94. The van der Waals surface area contributed by atoms with E-state index < -0.39 is 4.92 Å². The molecular formula is C12H15ClN2O4. The van der Waals surface area contributed by atoms with Crippen molar-refractivity contribution in [3.8, 4) is 5.75 Å². The molecule has 19 heavy (non-hydrogen) atoms. The Morgan fingerprint density at radius 3 is 2.58 bits per heavy atom. The number of nitro groups is 1. The molecule has 1 amide bonds. The van der Waals surface area contributed by atoms with E-state index in [-0.39, 0.29) is 24.0 Å². The van der Waals surface area contributed by atoms with E-state index in [1.54, 1.807) is 4.90 Å². The Balaban J connectivity index is 2.79. The summed E-state index contributed by atoms with van der Waals surface area (Å²) in [5.41, 5.74) is -0.211. The maximum absolute atomic E-state index is 11.7. The third-order valence-electron chi connectivity index (χ3n) is 2.59. The molecule has 0 bridgehead atoms. The molecule has 1 rings (SSSR count). The van der Waals surface area contributed by atoms with Gasteiger partial charge in [-0.2, -0.15) is 0 Å². The van der Waals surface area contributed by atoms with Gasteiger partial charge in [-0.15, -0.1) is 0 Å². The quantitative estimate of drug-likeness (QED) is 0.595. The average molecular weight is 287 g/mol. The van der Waals surface area contributed by atoms with Gasteiger partial charge in [0, 0.05) is 30.2 Å². The van der Waals surface area contributed by atoms with Crippen LogP contribution in [0.1, 0.15) is 13.8 Å². The fourth-order valence-corrected chi connectivity index (χ4v) is 1.72. The van der Waals surface area contributed by atoms with Crippen molar-refractivity contribution in [2.45, 2.75) is 13.8 Å². The second-order valence-corrected chi connectivity index (χ2v) is 4.16. The third-order valence-corrected chi connectivity index (χ3v) is 2.82. The maximum atomic E-state index is 11.7. The lowest BCUT2D eigenvalue weighted by Gasteiger charge is -2.18. The highest BCUT2D eigenvalue weighted by atomic mass is 35.5. The van der Waals surface area contributed by atoms with Gasteiger partial charge in [-0.25, -0.2) is 0 Å². The Morgan fingerprint density at radius 1 is 1.42 bits per heavy atom. The minimum Gasteiger partial charge on any atom is -0.477 e. The summed E-state index contributed by atoms with van der Waals surface area (Å²) in [5.74, 6) is -0.225. The minimum atomic E-state index is -0.576. The van der Waals surface area contributed by atoms with E-state index in [2.05, 4.69) is 0 Å². The summed E-state index contributed by atoms with van der Waals surface area (Å²) in [6, 6.07) is 3.98. The molecular weight excluding hydrogens is 272 g/mol. The van der Waals surface area contributed by atoms with Crippen molar-refractivity contribution in [1.82, 2.24) is 4.90 Å². The van der Waals surface area contributed by atoms with Gasteiger partial charge >= 0.3 is 5.69 Å². The predicted molar refractivity (Wildman–Crippen MR) is 71.5 cm³/mol. The van der Waals surface area contributed by atoms with E-state index in [1.807, 2.05) is 13.8 Å². The number of hydrogen-bond acceptors (Lipinski definition) is 4. The number of ether oxygens (including phenoxy) is 1. The highest BCUT2D eigenvalue weighted by Gasteiger charge is 2.17. The molecule has 0 unspecified atom stereocenters. The zero-order valence-electron chi connectivity index (χ0n) is 10.8. The van der Waals surface area contributed by atoms with E-state index in [0.29, 0.717) is 18.1 Å². The van der Waals surface area contributed by atoms with E-state index >= 15 is 0 Å². The third kappa shape index (κ3) is 4.10. The number of rotatable bonds is 6. The molecule has 7 heteroatoms. The molecule has 0 radical (unpaired) electrons. The number of benzene rings is 1. The Bertz CT molecular complexity index is 475. The Labute approximate surface area is 116 Å². The first-order chi connectivity index (χ1) is 8.99. The summed E-state index contributed by atoms with van der Waals surface area (Å²) in [6.07, 6.45) is 0. The van der Waals surface area contributed by atoms with Crippen LogP contribution in [0.5, 0.6) is 5.75 Å². The number of nitro benzene ring substituents is 1. The number of amides is 1. The van der Waals surface area contributed by atoms with Gasteiger partial charge in [0.05, 0.1) is 4.92 Å². The molecule has 0 aliphatic carbocycles. The zero-order chi connectivity index (χ0) is 14.4. The highest BCUT2D eigenvalue weighted by molar-refractivity contribution is 6.30. The monoisotopic (exact) mass is 286 g/mol. The zero-order valence-corrected chi connectivity index (χ0v) is 11.5. The van der Waals surface area contributed by atoms with Crippen molar-refractivity contribution in [3.63, 3.8) is 0 Å². The van der Waals surface area contributed by atoms with Crippen molar-refractivity contribution in [2.24, 2.45) is 0 Å². The standard InChI is InChI=1S/C12H15ClN2O4/c1-3-14(4-2)12(16)8-19-11-7-9(13)5-6-10(11)15(17)18/h5-7H,3-4,8H2,1-2H3. The number of halogens is 1. The number of nitrogens with zero attached hydrogens (tertiary/aromatic N) is 2. The van der Waals surface area contributed by atoms with Crippen LogP contribution >= 0.6 is 11.6 Å². The van der Waals surface area contributed by atoms with Crippen molar-refractivity contribution in [2.75, 3.05) is 19.7 Å². The average Bonchev–Trinajstić information content (AvgIpc) is 2.37. The molecule has 0 aromatic heterocycles. The molecule has 0 heterocycles. The summed E-state index contributed by atoms with van der Waals surface area (Å²) in [6.45, 7) is 4.59. The van der Waals surface area contributed by atoms with E-state index in [9.17, 15) is 14.9 Å². The van der Waals surface area contributed by atoms with Gasteiger partial charge in [0.1, 0.15) is 0 Å². The van der Waals surface area contributed by atoms with Gasteiger partial charge in [0.25, 0.3) is 5.91 Å². The predicted octanol–water partition coefficient (Wildman–Crippen LogP) is 2.50. The molecule has 0 N–H and O–H groups in total. The number of carbonyl (C=O) groups excluding carboxylic acids is 1. The molecule has 104 valence electrons. The van der Waals surface area contributed by atoms with Crippen molar-refractivity contribution < 1.29 is 14.5 Å². The van der Waals surface area contributed by atoms with Crippen LogP contribution in [0.4, 0.5) is 5.69 Å². The first kappa shape index (κ1) is 15.2. The maximum Gasteiger partial charge on any atom is 0.311 e.